The smallest absolute Gasteiger partial charge is 0.137 e. The number of rotatable bonds is 3. The van der Waals surface area contributed by atoms with Gasteiger partial charge in [0.15, 0.2) is 0 Å². The van der Waals surface area contributed by atoms with Crippen molar-refractivity contribution in [2.75, 3.05) is 5.73 Å². The molecule has 0 fully saturated rings. The molecule has 2 nitrogen and oxygen atoms in total. The van der Waals surface area contributed by atoms with E-state index in [4.69, 9.17) is 5.73 Å². The molecule has 5 heteroatoms. The molecular formula is C12H10BrFN2S. The van der Waals surface area contributed by atoms with Gasteiger partial charge in [-0.2, -0.15) is 0 Å². The van der Waals surface area contributed by atoms with Crippen LogP contribution in [0.5, 0.6) is 0 Å². The van der Waals surface area contributed by atoms with Crippen LogP contribution < -0.4 is 5.73 Å². The molecule has 0 bridgehead atoms. The number of hydrogen-bond donors (Lipinski definition) is 1. The molecule has 0 spiro atoms. The largest absolute Gasteiger partial charge is 0.384 e. The van der Waals surface area contributed by atoms with E-state index < -0.39 is 0 Å². The number of pyridine rings is 1. The summed E-state index contributed by atoms with van der Waals surface area (Å²) in [6.07, 6.45) is 1.73. The Bertz CT molecular complexity index is 516. The van der Waals surface area contributed by atoms with E-state index in [-0.39, 0.29) is 5.82 Å². The minimum absolute atomic E-state index is 0.243. The van der Waals surface area contributed by atoms with Crippen LogP contribution in [0.2, 0.25) is 0 Å². The molecule has 0 aliphatic rings. The van der Waals surface area contributed by atoms with Crippen molar-refractivity contribution < 1.29 is 4.39 Å². The third kappa shape index (κ3) is 3.44. The number of anilines is 1. The molecule has 1 aromatic heterocycles. The first kappa shape index (κ1) is 12.4. The van der Waals surface area contributed by atoms with Crippen LogP contribution in [0.1, 0.15) is 5.56 Å². The normalized spacial score (nSPS) is 10.5. The van der Waals surface area contributed by atoms with E-state index in [1.807, 2.05) is 6.07 Å². The van der Waals surface area contributed by atoms with E-state index in [0.29, 0.717) is 10.3 Å². The third-order valence-electron chi connectivity index (χ3n) is 2.15. The van der Waals surface area contributed by atoms with Crippen LogP contribution in [0.25, 0.3) is 0 Å². The minimum Gasteiger partial charge on any atom is -0.384 e. The third-order valence-corrected chi connectivity index (χ3v) is 3.81. The van der Waals surface area contributed by atoms with Crippen molar-refractivity contribution in [3.05, 3.63) is 52.4 Å². The molecule has 17 heavy (non-hydrogen) atoms. The van der Waals surface area contributed by atoms with Gasteiger partial charge in [-0.15, -0.1) is 11.8 Å². The van der Waals surface area contributed by atoms with E-state index in [2.05, 4.69) is 20.9 Å². The number of hydrogen-bond acceptors (Lipinski definition) is 3. The predicted molar refractivity (Wildman–Crippen MR) is 72.3 cm³/mol. The zero-order valence-electron chi connectivity index (χ0n) is 8.86. The number of thioether (sulfide) groups is 1. The van der Waals surface area contributed by atoms with E-state index in [1.54, 1.807) is 36.2 Å². The van der Waals surface area contributed by atoms with Gasteiger partial charge in [-0.05, 0) is 45.8 Å². The van der Waals surface area contributed by atoms with Crippen molar-refractivity contribution in [1.29, 1.82) is 0 Å². The SMILES string of the molecule is Nc1ccc(SCc2ccc(F)c(Br)c2)cn1. The fourth-order valence-corrected chi connectivity index (χ4v) is 2.50. The molecule has 0 aliphatic heterocycles. The first-order valence-electron chi connectivity index (χ1n) is 4.93. The summed E-state index contributed by atoms with van der Waals surface area (Å²) >= 11 is 4.80. The highest BCUT2D eigenvalue weighted by Gasteiger charge is 2.01. The van der Waals surface area contributed by atoms with Gasteiger partial charge in [0.05, 0.1) is 4.47 Å². The first-order valence-corrected chi connectivity index (χ1v) is 6.71. The quantitative estimate of drug-likeness (QED) is 0.875. The lowest BCUT2D eigenvalue weighted by molar-refractivity contribution is 0.620. The summed E-state index contributed by atoms with van der Waals surface area (Å²) in [7, 11) is 0. The molecule has 0 saturated heterocycles. The molecule has 2 aromatic rings. The highest BCUT2D eigenvalue weighted by atomic mass is 79.9. The highest BCUT2D eigenvalue weighted by molar-refractivity contribution is 9.10. The van der Waals surface area contributed by atoms with E-state index in [0.717, 1.165) is 16.2 Å². The summed E-state index contributed by atoms with van der Waals surface area (Å²) in [5.74, 6) is 1.04. The molecule has 1 heterocycles. The number of halogens is 2. The van der Waals surface area contributed by atoms with Gasteiger partial charge in [0.2, 0.25) is 0 Å². The maximum Gasteiger partial charge on any atom is 0.137 e. The van der Waals surface area contributed by atoms with Crippen LogP contribution in [0.3, 0.4) is 0 Å². The van der Waals surface area contributed by atoms with Crippen molar-refractivity contribution in [3.8, 4) is 0 Å². The van der Waals surface area contributed by atoms with Crippen LogP contribution >= 0.6 is 27.7 Å². The van der Waals surface area contributed by atoms with Crippen molar-refractivity contribution in [3.63, 3.8) is 0 Å². The first-order chi connectivity index (χ1) is 8.15. The van der Waals surface area contributed by atoms with Crippen molar-refractivity contribution >= 4 is 33.5 Å². The lowest BCUT2D eigenvalue weighted by Crippen LogP contribution is -1.88. The van der Waals surface area contributed by atoms with Gasteiger partial charge in [0, 0.05) is 16.8 Å². The Balaban J connectivity index is 2.02. The zero-order chi connectivity index (χ0) is 12.3. The fraction of sp³-hybridized carbons (Fsp3) is 0.0833. The maximum atomic E-state index is 13.0. The molecule has 0 unspecified atom stereocenters. The van der Waals surface area contributed by atoms with Crippen LogP contribution in [0.15, 0.2) is 45.9 Å². The van der Waals surface area contributed by atoms with Gasteiger partial charge in [0.1, 0.15) is 11.6 Å². The van der Waals surface area contributed by atoms with E-state index in [9.17, 15) is 4.39 Å². The second-order valence-electron chi connectivity index (χ2n) is 3.46. The molecule has 0 radical (unpaired) electrons. The molecule has 2 rings (SSSR count). The lowest BCUT2D eigenvalue weighted by atomic mass is 10.2. The zero-order valence-corrected chi connectivity index (χ0v) is 11.3. The number of nitrogens with two attached hydrogens (primary N) is 1. The minimum atomic E-state index is -0.243. The number of benzene rings is 1. The average molecular weight is 313 g/mol. The Labute approximate surface area is 112 Å². The molecule has 0 atom stereocenters. The van der Waals surface area contributed by atoms with Gasteiger partial charge in [-0.1, -0.05) is 6.07 Å². The molecule has 1 aromatic carbocycles. The Kier molecular flexibility index (Phi) is 4.02. The standard InChI is InChI=1S/C12H10BrFN2S/c13-10-5-8(1-3-11(10)14)7-17-9-2-4-12(15)16-6-9/h1-6H,7H2,(H2,15,16). The summed E-state index contributed by atoms with van der Waals surface area (Å²) in [6.45, 7) is 0. The van der Waals surface area contributed by atoms with Crippen LogP contribution in [0, 0.1) is 5.82 Å². The maximum absolute atomic E-state index is 13.0. The van der Waals surface area contributed by atoms with Gasteiger partial charge in [0.25, 0.3) is 0 Å². The molecule has 0 aliphatic carbocycles. The Morgan fingerprint density at radius 1 is 1.29 bits per heavy atom. The lowest BCUT2D eigenvalue weighted by Gasteiger charge is -2.03. The number of nitrogen functional groups attached to an aromatic ring is 1. The Morgan fingerprint density at radius 3 is 2.76 bits per heavy atom. The van der Waals surface area contributed by atoms with Crippen LogP contribution in [-0.4, -0.2) is 4.98 Å². The second-order valence-corrected chi connectivity index (χ2v) is 5.36. The van der Waals surface area contributed by atoms with Crippen molar-refractivity contribution in [2.45, 2.75) is 10.6 Å². The number of aromatic nitrogens is 1. The van der Waals surface area contributed by atoms with Crippen molar-refractivity contribution in [1.82, 2.24) is 4.98 Å². The van der Waals surface area contributed by atoms with E-state index in [1.165, 1.54) is 6.07 Å². The molecule has 0 saturated carbocycles. The summed E-state index contributed by atoms with van der Waals surface area (Å²) in [5.41, 5.74) is 6.56. The second kappa shape index (κ2) is 5.51. The fourth-order valence-electron chi connectivity index (χ4n) is 1.27. The molecule has 2 N–H and O–H groups in total. The summed E-state index contributed by atoms with van der Waals surface area (Å²) in [6, 6.07) is 8.71. The molecule has 0 amide bonds. The van der Waals surface area contributed by atoms with Crippen LogP contribution in [0.4, 0.5) is 10.2 Å². The van der Waals surface area contributed by atoms with Gasteiger partial charge < -0.3 is 5.73 Å². The average Bonchev–Trinajstić information content (AvgIpc) is 2.33. The highest BCUT2D eigenvalue weighted by Crippen LogP contribution is 2.25. The van der Waals surface area contributed by atoms with Crippen molar-refractivity contribution in [2.24, 2.45) is 0 Å². The van der Waals surface area contributed by atoms with Gasteiger partial charge in [-0.25, -0.2) is 9.37 Å². The summed E-state index contributed by atoms with van der Waals surface area (Å²) in [5, 5.41) is 0. The number of nitrogens with zero attached hydrogens (tertiary/aromatic N) is 1. The summed E-state index contributed by atoms with van der Waals surface area (Å²) in [4.78, 5) is 5.05. The van der Waals surface area contributed by atoms with Crippen LogP contribution in [-0.2, 0) is 5.75 Å². The monoisotopic (exact) mass is 312 g/mol. The predicted octanol–water partition coefficient (Wildman–Crippen LogP) is 3.86. The topological polar surface area (TPSA) is 38.9 Å². The van der Waals surface area contributed by atoms with Gasteiger partial charge in [-0.3, -0.25) is 0 Å². The summed E-state index contributed by atoms with van der Waals surface area (Å²) < 4.78 is 13.5. The Hall–Kier alpha value is -1.07. The van der Waals surface area contributed by atoms with E-state index >= 15 is 0 Å². The Morgan fingerprint density at radius 2 is 2.12 bits per heavy atom. The van der Waals surface area contributed by atoms with Gasteiger partial charge >= 0.3 is 0 Å². The molecule has 88 valence electrons. The molecular weight excluding hydrogens is 303 g/mol.